The molecule has 0 spiro atoms. The minimum Gasteiger partial charge on any atom is -0.383 e. The summed E-state index contributed by atoms with van der Waals surface area (Å²) in [7, 11) is 0. The molecule has 0 unspecified atom stereocenters. The minimum absolute atomic E-state index is 0.0390. The molecule has 72 valence electrons. The zero-order valence-electron chi connectivity index (χ0n) is 7.70. The Balaban J connectivity index is 2.54. The van der Waals surface area contributed by atoms with Crippen molar-refractivity contribution in [1.82, 2.24) is 10.2 Å². The van der Waals surface area contributed by atoms with Crippen LogP contribution in [0.2, 0.25) is 0 Å². The summed E-state index contributed by atoms with van der Waals surface area (Å²) >= 11 is 0. The van der Waals surface area contributed by atoms with E-state index < -0.39 is 0 Å². The van der Waals surface area contributed by atoms with Gasteiger partial charge in [0.2, 0.25) is 0 Å². The summed E-state index contributed by atoms with van der Waals surface area (Å²) in [4.78, 5) is 11.4. The molecule has 5 nitrogen and oxygen atoms in total. The van der Waals surface area contributed by atoms with Crippen LogP contribution in [0, 0.1) is 0 Å². The summed E-state index contributed by atoms with van der Waals surface area (Å²) in [5.41, 5.74) is 5.84. The fraction of sp³-hybridized carbons (Fsp3) is 0.500. The SMILES string of the molecule is CC(C)OCC(=O)c1cn[nH]c1N. The predicted octanol–water partition coefficient (Wildman–Crippen LogP) is 0.600. The molecule has 0 radical (unpaired) electrons. The Labute approximate surface area is 76.3 Å². The number of carbonyl (C=O) groups excluding carboxylic acids is 1. The maximum Gasteiger partial charge on any atom is 0.193 e. The number of Topliss-reactive ketones (excluding diaryl/α,β-unsaturated/α-hetero) is 1. The van der Waals surface area contributed by atoms with Gasteiger partial charge in [-0.15, -0.1) is 0 Å². The number of rotatable bonds is 4. The molecule has 13 heavy (non-hydrogen) atoms. The van der Waals surface area contributed by atoms with E-state index in [1.807, 2.05) is 13.8 Å². The van der Waals surface area contributed by atoms with Crippen molar-refractivity contribution >= 4 is 11.6 Å². The predicted molar refractivity (Wildman–Crippen MR) is 48.4 cm³/mol. The van der Waals surface area contributed by atoms with Crippen molar-refractivity contribution < 1.29 is 9.53 Å². The van der Waals surface area contributed by atoms with Gasteiger partial charge in [-0.1, -0.05) is 0 Å². The first-order chi connectivity index (χ1) is 6.11. The zero-order chi connectivity index (χ0) is 9.84. The Hall–Kier alpha value is -1.36. The van der Waals surface area contributed by atoms with Gasteiger partial charge in [0.1, 0.15) is 12.4 Å². The lowest BCUT2D eigenvalue weighted by Crippen LogP contribution is -2.14. The van der Waals surface area contributed by atoms with Gasteiger partial charge in [-0.2, -0.15) is 5.10 Å². The zero-order valence-corrected chi connectivity index (χ0v) is 7.70. The number of ether oxygens (including phenoxy) is 1. The van der Waals surface area contributed by atoms with Crippen LogP contribution in [-0.4, -0.2) is 28.7 Å². The average molecular weight is 183 g/mol. The van der Waals surface area contributed by atoms with E-state index in [4.69, 9.17) is 10.5 Å². The van der Waals surface area contributed by atoms with E-state index in [0.717, 1.165) is 0 Å². The molecule has 1 aromatic rings. The van der Waals surface area contributed by atoms with Crippen molar-refractivity contribution in [3.8, 4) is 0 Å². The van der Waals surface area contributed by atoms with E-state index in [1.165, 1.54) is 6.20 Å². The monoisotopic (exact) mass is 183 g/mol. The van der Waals surface area contributed by atoms with Crippen LogP contribution in [0.5, 0.6) is 0 Å². The number of H-pyrrole nitrogens is 1. The van der Waals surface area contributed by atoms with Gasteiger partial charge in [0, 0.05) is 0 Å². The Morgan fingerprint density at radius 1 is 1.77 bits per heavy atom. The number of aromatic nitrogens is 2. The molecular weight excluding hydrogens is 170 g/mol. The van der Waals surface area contributed by atoms with Gasteiger partial charge in [-0.3, -0.25) is 9.89 Å². The first kappa shape index (κ1) is 9.73. The van der Waals surface area contributed by atoms with Crippen LogP contribution in [0.25, 0.3) is 0 Å². The second-order valence-electron chi connectivity index (χ2n) is 2.98. The molecule has 1 heterocycles. The molecule has 0 bridgehead atoms. The third kappa shape index (κ3) is 2.55. The lowest BCUT2D eigenvalue weighted by Gasteiger charge is -2.05. The second kappa shape index (κ2) is 4.04. The van der Waals surface area contributed by atoms with Crippen molar-refractivity contribution in [2.45, 2.75) is 20.0 Å². The molecule has 0 fully saturated rings. The van der Waals surface area contributed by atoms with E-state index >= 15 is 0 Å². The van der Waals surface area contributed by atoms with Crippen molar-refractivity contribution in [3.63, 3.8) is 0 Å². The Morgan fingerprint density at radius 3 is 2.92 bits per heavy atom. The third-order valence-electron chi connectivity index (χ3n) is 1.52. The van der Waals surface area contributed by atoms with Crippen LogP contribution in [0.1, 0.15) is 24.2 Å². The van der Waals surface area contributed by atoms with Gasteiger partial charge in [-0.05, 0) is 13.8 Å². The highest BCUT2D eigenvalue weighted by molar-refractivity contribution is 6.00. The molecule has 1 aromatic heterocycles. The van der Waals surface area contributed by atoms with Crippen LogP contribution in [0.15, 0.2) is 6.20 Å². The molecule has 0 saturated heterocycles. The van der Waals surface area contributed by atoms with Crippen LogP contribution >= 0.6 is 0 Å². The maximum atomic E-state index is 11.4. The number of aromatic amines is 1. The fourth-order valence-corrected chi connectivity index (χ4v) is 0.838. The molecule has 0 aliphatic carbocycles. The lowest BCUT2D eigenvalue weighted by atomic mass is 10.2. The lowest BCUT2D eigenvalue weighted by molar-refractivity contribution is 0.0585. The summed E-state index contributed by atoms with van der Waals surface area (Å²) in [6.45, 7) is 3.78. The van der Waals surface area contributed by atoms with Gasteiger partial charge in [0.25, 0.3) is 0 Å². The molecule has 0 saturated carbocycles. The summed E-state index contributed by atoms with van der Waals surface area (Å²) in [5.74, 6) is 0.136. The van der Waals surface area contributed by atoms with Gasteiger partial charge in [-0.25, -0.2) is 0 Å². The highest BCUT2D eigenvalue weighted by atomic mass is 16.5. The number of ketones is 1. The number of nitrogens with zero attached hydrogens (tertiary/aromatic N) is 1. The molecule has 1 rings (SSSR count). The molecule has 5 heteroatoms. The average Bonchev–Trinajstić information content (AvgIpc) is 2.47. The van der Waals surface area contributed by atoms with Crippen molar-refractivity contribution in [2.24, 2.45) is 0 Å². The Bertz CT molecular complexity index is 293. The Morgan fingerprint density at radius 2 is 2.46 bits per heavy atom. The first-order valence-corrected chi connectivity index (χ1v) is 4.05. The third-order valence-corrected chi connectivity index (χ3v) is 1.52. The fourth-order valence-electron chi connectivity index (χ4n) is 0.838. The minimum atomic E-state index is -0.153. The number of anilines is 1. The van der Waals surface area contributed by atoms with Gasteiger partial charge in [0.15, 0.2) is 5.78 Å². The number of nitrogens with two attached hydrogens (primary N) is 1. The van der Waals surface area contributed by atoms with Gasteiger partial charge < -0.3 is 10.5 Å². The standard InChI is InChI=1S/C8H13N3O2/c1-5(2)13-4-7(12)6-3-10-11-8(6)9/h3,5H,4H2,1-2H3,(H3,9,10,11). The molecule has 0 aliphatic heterocycles. The second-order valence-corrected chi connectivity index (χ2v) is 2.98. The number of hydrogen-bond donors (Lipinski definition) is 2. The molecular formula is C8H13N3O2. The van der Waals surface area contributed by atoms with Gasteiger partial charge in [0.05, 0.1) is 17.9 Å². The summed E-state index contributed by atoms with van der Waals surface area (Å²) < 4.78 is 5.14. The van der Waals surface area contributed by atoms with Crippen molar-refractivity contribution in [3.05, 3.63) is 11.8 Å². The van der Waals surface area contributed by atoms with E-state index in [2.05, 4.69) is 10.2 Å². The van der Waals surface area contributed by atoms with Crippen LogP contribution in [0.3, 0.4) is 0 Å². The van der Waals surface area contributed by atoms with E-state index in [9.17, 15) is 4.79 Å². The van der Waals surface area contributed by atoms with E-state index in [1.54, 1.807) is 0 Å². The number of nitrogen functional groups attached to an aromatic ring is 1. The highest BCUT2D eigenvalue weighted by Crippen LogP contribution is 2.07. The van der Waals surface area contributed by atoms with Crippen molar-refractivity contribution in [1.29, 1.82) is 0 Å². The summed E-state index contributed by atoms with van der Waals surface area (Å²) in [5, 5.41) is 6.13. The van der Waals surface area contributed by atoms with Gasteiger partial charge >= 0.3 is 0 Å². The van der Waals surface area contributed by atoms with Crippen molar-refractivity contribution in [2.75, 3.05) is 12.3 Å². The molecule has 0 aliphatic rings. The number of hydrogen-bond acceptors (Lipinski definition) is 4. The number of carbonyl (C=O) groups is 1. The van der Waals surface area contributed by atoms with Crippen LogP contribution in [0.4, 0.5) is 5.82 Å². The molecule has 3 N–H and O–H groups in total. The van der Waals surface area contributed by atoms with Crippen LogP contribution < -0.4 is 5.73 Å². The smallest absolute Gasteiger partial charge is 0.193 e. The Kier molecular flexibility index (Phi) is 3.02. The highest BCUT2D eigenvalue weighted by Gasteiger charge is 2.11. The number of nitrogens with one attached hydrogen (secondary N) is 1. The molecule has 0 aromatic carbocycles. The normalized spacial score (nSPS) is 10.7. The maximum absolute atomic E-state index is 11.4. The summed E-state index contributed by atoms with van der Waals surface area (Å²) in [6, 6.07) is 0. The topological polar surface area (TPSA) is 81.0 Å². The molecule has 0 atom stereocenters. The van der Waals surface area contributed by atoms with E-state index in [-0.39, 0.29) is 24.3 Å². The largest absolute Gasteiger partial charge is 0.383 e. The first-order valence-electron chi connectivity index (χ1n) is 4.05. The summed E-state index contributed by atoms with van der Waals surface area (Å²) in [6.07, 6.45) is 1.44. The van der Waals surface area contributed by atoms with Crippen LogP contribution in [-0.2, 0) is 4.74 Å². The molecule has 0 amide bonds. The van der Waals surface area contributed by atoms with E-state index in [0.29, 0.717) is 5.56 Å². The quantitative estimate of drug-likeness (QED) is 0.670.